The van der Waals surface area contributed by atoms with Crippen molar-refractivity contribution in [2.75, 3.05) is 26.9 Å². The Morgan fingerprint density at radius 1 is 1.35 bits per heavy atom. The van der Waals surface area contributed by atoms with Crippen molar-refractivity contribution in [1.82, 2.24) is 5.32 Å². The van der Waals surface area contributed by atoms with Crippen LogP contribution < -0.4 is 10.1 Å². The van der Waals surface area contributed by atoms with Gasteiger partial charge in [-0.05, 0) is 30.5 Å². The largest absolute Gasteiger partial charge is 0.494 e. The van der Waals surface area contributed by atoms with Gasteiger partial charge in [0.1, 0.15) is 5.75 Å². The first-order valence-electron chi connectivity index (χ1n) is 6.17. The third-order valence-electron chi connectivity index (χ3n) is 2.48. The smallest absolute Gasteiger partial charge is 0.119 e. The number of hydrogen-bond donors (Lipinski definition) is 1. The molecule has 17 heavy (non-hydrogen) atoms. The molecule has 0 saturated carbocycles. The molecule has 1 N–H and O–H groups in total. The zero-order chi connectivity index (χ0) is 12.5. The highest BCUT2D eigenvalue weighted by atomic mass is 16.5. The van der Waals surface area contributed by atoms with Crippen molar-refractivity contribution in [2.24, 2.45) is 5.92 Å². The fourth-order valence-electron chi connectivity index (χ4n) is 1.72. The van der Waals surface area contributed by atoms with Crippen molar-refractivity contribution in [1.29, 1.82) is 0 Å². The number of ether oxygens (including phenoxy) is 2. The lowest BCUT2D eigenvalue weighted by molar-refractivity contribution is 0.158. The fourth-order valence-corrected chi connectivity index (χ4v) is 1.72. The molecule has 0 bridgehead atoms. The number of nitrogens with one attached hydrogen (secondary N) is 1. The summed E-state index contributed by atoms with van der Waals surface area (Å²) in [7, 11) is 1.74. The Bertz CT molecular complexity index is 315. The van der Waals surface area contributed by atoms with Crippen LogP contribution in [0, 0.1) is 5.92 Å². The van der Waals surface area contributed by atoms with Crippen LogP contribution in [0.4, 0.5) is 0 Å². The first-order valence-corrected chi connectivity index (χ1v) is 6.17. The summed E-state index contributed by atoms with van der Waals surface area (Å²) in [5, 5.41) is 3.42. The maximum atomic E-state index is 5.46. The molecule has 0 aliphatic carbocycles. The van der Waals surface area contributed by atoms with Crippen molar-refractivity contribution in [3.63, 3.8) is 0 Å². The van der Waals surface area contributed by atoms with E-state index in [-0.39, 0.29) is 0 Å². The average Bonchev–Trinajstić information content (AvgIpc) is 2.30. The molecule has 1 rings (SSSR count). The molecule has 0 aliphatic rings. The lowest BCUT2D eigenvalue weighted by Crippen LogP contribution is -2.23. The minimum atomic E-state index is 0.537. The van der Waals surface area contributed by atoms with Gasteiger partial charge in [-0.25, -0.2) is 0 Å². The van der Waals surface area contributed by atoms with Crippen LogP contribution in [0.5, 0.6) is 5.75 Å². The second-order valence-corrected chi connectivity index (χ2v) is 4.27. The molecule has 0 aromatic heterocycles. The molecule has 96 valence electrons. The van der Waals surface area contributed by atoms with E-state index >= 15 is 0 Å². The van der Waals surface area contributed by atoms with E-state index in [1.54, 1.807) is 7.11 Å². The first kappa shape index (κ1) is 14.0. The van der Waals surface area contributed by atoms with Gasteiger partial charge in [-0.2, -0.15) is 0 Å². The predicted octanol–water partition coefficient (Wildman–Crippen LogP) is 2.46. The highest BCUT2D eigenvalue weighted by molar-refractivity contribution is 5.28. The van der Waals surface area contributed by atoms with Crippen LogP contribution in [0.15, 0.2) is 24.3 Å². The number of rotatable bonds is 8. The average molecular weight is 237 g/mol. The Hall–Kier alpha value is -1.06. The lowest BCUT2D eigenvalue weighted by Gasteiger charge is -2.12. The minimum Gasteiger partial charge on any atom is -0.494 e. The Morgan fingerprint density at radius 2 is 2.18 bits per heavy atom. The van der Waals surface area contributed by atoms with Gasteiger partial charge in [0, 0.05) is 26.8 Å². The quantitative estimate of drug-likeness (QED) is 0.753. The van der Waals surface area contributed by atoms with Crippen molar-refractivity contribution in [3.8, 4) is 5.75 Å². The Morgan fingerprint density at radius 3 is 2.88 bits per heavy atom. The van der Waals surface area contributed by atoms with Crippen molar-refractivity contribution in [2.45, 2.75) is 20.4 Å². The molecule has 0 radical (unpaired) electrons. The van der Waals surface area contributed by atoms with Crippen molar-refractivity contribution < 1.29 is 9.47 Å². The van der Waals surface area contributed by atoms with Crippen molar-refractivity contribution >= 4 is 0 Å². The van der Waals surface area contributed by atoms with Gasteiger partial charge in [-0.3, -0.25) is 0 Å². The highest BCUT2D eigenvalue weighted by Crippen LogP contribution is 2.13. The van der Waals surface area contributed by atoms with Crippen LogP contribution in [0.2, 0.25) is 0 Å². The Balaban J connectivity index is 2.33. The van der Waals surface area contributed by atoms with Crippen LogP contribution in [-0.2, 0) is 11.3 Å². The summed E-state index contributed by atoms with van der Waals surface area (Å²) < 4.78 is 10.6. The summed E-state index contributed by atoms with van der Waals surface area (Å²) in [5.74, 6) is 1.48. The van der Waals surface area contributed by atoms with Gasteiger partial charge >= 0.3 is 0 Å². The zero-order valence-corrected chi connectivity index (χ0v) is 11.0. The normalized spacial score (nSPS) is 12.4. The van der Waals surface area contributed by atoms with Crippen LogP contribution >= 0.6 is 0 Å². The lowest BCUT2D eigenvalue weighted by atomic mass is 10.2. The van der Waals surface area contributed by atoms with Gasteiger partial charge in [-0.1, -0.05) is 19.1 Å². The third-order valence-corrected chi connectivity index (χ3v) is 2.48. The van der Waals surface area contributed by atoms with E-state index in [9.17, 15) is 0 Å². The van der Waals surface area contributed by atoms with E-state index in [0.29, 0.717) is 12.5 Å². The SMILES string of the molecule is CCOc1cccc(CNCC(C)COC)c1. The molecule has 0 amide bonds. The number of hydrogen-bond acceptors (Lipinski definition) is 3. The summed E-state index contributed by atoms with van der Waals surface area (Å²) in [6, 6.07) is 8.20. The van der Waals surface area contributed by atoms with E-state index in [1.807, 2.05) is 19.1 Å². The Kier molecular flexibility index (Phi) is 6.67. The monoisotopic (exact) mass is 237 g/mol. The molecular formula is C14H23NO2. The predicted molar refractivity (Wildman–Crippen MR) is 70.4 cm³/mol. The summed E-state index contributed by atoms with van der Waals surface area (Å²) in [6.45, 7) is 7.51. The van der Waals surface area contributed by atoms with E-state index in [4.69, 9.17) is 9.47 Å². The van der Waals surface area contributed by atoms with Gasteiger partial charge in [-0.15, -0.1) is 0 Å². The highest BCUT2D eigenvalue weighted by Gasteiger charge is 2.01. The summed E-state index contributed by atoms with van der Waals surface area (Å²) in [6.07, 6.45) is 0. The van der Waals surface area contributed by atoms with E-state index in [1.165, 1.54) is 5.56 Å². The standard InChI is InChI=1S/C14H23NO2/c1-4-17-14-7-5-6-13(8-14)10-15-9-12(2)11-16-3/h5-8,12,15H,4,9-11H2,1-3H3. The molecule has 0 spiro atoms. The fraction of sp³-hybridized carbons (Fsp3) is 0.571. The molecule has 0 fully saturated rings. The van der Waals surface area contributed by atoms with Crippen LogP contribution in [-0.4, -0.2) is 26.9 Å². The molecule has 0 heterocycles. The van der Waals surface area contributed by atoms with E-state index in [0.717, 1.165) is 25.4 Å². The zero-order valence-electron chi connectivity index (χ0n) is 11.0. The second-order valence-electron chi connectivity index (χ2n) is 4.27. The van der Waals surface area contributed by atoms with Gasteiger partial charge < -0.3 is 14.8 Å². The molecule has 0 aliphatic heterocycles. The Labute approximate surface area is 104 Å². The van der Waals surface area contributed by atoms with Crippen LogP contribution in [0.1, 0.15) is 19.4 Å². The first-order chi connectivity index (χ1) is 8.26. The summed E-state index contributed by atoms with van der Waals surface area (Å²) >= 11 is 0. The molecule has 3 heteroatoms. The van der Waals surface area contributed by atoms with Gasteiger partial charge in [0.25, 0.3) is 0 Å². The van der Waals surface area contributed by atoms with Crippen molar-refractivity contribution in [3.05, 3.63) is 29.8 Å². The minimum absolute atomic E-state index is 0.537. The number of benzene rings is 1. The maximum Gasteiger partial charge on any atom is 0.119 e. The second kappa shape index (κ2) is 8.09. The van der Waals surface area contributed by atoms with Gasteiger partial charge in [0.2, 0.25) is 0 Å². The van der Waals surface area contributed by atoms with Gasteiger partial charge in [0.05, 0.1) is 6.61 Å². The van der Waals surface area contributed by atoms with E-state index in [2.05, 4.69) is 24.4 Å². The molecule has 0 saturated heterocycles. The molecular weight excluding hydrogens is 214 g/mol. The maximum absolute atomic E-state index is 5.46. The summed E-state index contributed by atoms with van der Waals surface area (Å²) in [5.41, 5.74) is 1.25. The summed E-state index contributed by atoms with van der Waals surface area (Å²) in [4.78, 5) is 0. The van der Waals surface area contributed by atoms with Crippen LogP contribution in [0.3, 0.4) is 0 Å². The molecule has 1 atom stereocenters. The molecule has 1 aromatic rings. The number of methoxy groups -OCH3 is 1. The van der Waals surface area contributed by atoms with E-state index < -0.39 is 0 Å². The third kappa shape index (κ3) is 5.71. The van der Waals surface area contributed by atoms with Gasteiger partial charge in [0.15, 0.2) is 0 Å². The molecule has 1 aromatic carbocycles. The topological polar surface area (TPSA) is 30.5 Å². The van der Waals surface area contributed by atoms with Crippen LogP contribution in [0.25, 0.3) is 0 Å². The molecule has 1 unspecified atom stereocenters. The molecule has 3 nitrogen and oxygen atoms in total.